The molecule has 3 heterocycles. The van der Waals surface area contributed by atoms with Crippen molar-refractivity contribution < 1.29 is 13.5 Å². The molecule has 5 nitrogen and oxygen atoms in total. The Bertz CT molecular complexity index is 1110. The number of nitrogens with one attached hydrogen (secondary N) is 1. The zero-order valence-electron chi connectivity index (χ0n) is 18.2. The summed E-state index contributed by atoms with van der Waals surface area (Å²) in [5, 5.41) is 12.8. The van der Waals surface area contributed by atoms with E-state index >= 15 is 0 Å². The number of ether oxygens (including phenoxy) is 1. The molecule has 1 N–H and O–H groups in total. The predicted octanol–water partition coefficient (Wildman–Crippen LogP) is 6.20. The number of rotatable bonds is 7. The lowest BCUT2D eigenvalue weighted by atomic mass is 9.88. The van der Waals surface area contributed by atoms with Crippen molar-refractivity contribution in [3.8, 4) is 5.75 Å². The van der Waals surface area contributed by atoms with Gasteiger partial charge in [0, 0.05) is 23.0 Å². The molecule has 4 rings (SSSR count). The normalized spacial score (nSPS) is 16.0. The van der Waals surface area contributed by atoms with Crippen molar-refractivity contribution >= 4 is 11.4 Å². The van der Waals surface area contributed by atoms with Gasteiger partial charge in [0.1, 0.15) is 11.4 Å². The topological polar surface area (TPSA) is 63.3 Å². The van der Waals surface area contributed by atoms with Gasteiger partial charge < -0.3 is 10.1 Å². The highest BCUT2D eigenvalue weighted by Crippen LogP contribution is 2.36. The first-order valence-corrected chi connectivity index (χ1v) is 10.8. The van der Waals surface area contributed by atoms with Crippen molar-refractivity contribution in [2.75, 3.05) is 6.61 Å². The van der Waals surface area contributed by atoms with E-state index in [0.29, 0.717) is 34.8 Å². The highest BCUT2D eigenvalue weighted by Gasteiger charge is 2.24. The van der Waals surface area contributed by atoms with Gasteiger partial charge in [0.25, 0.3) is 6.43 Å². The molecule has 1 unspecified atom stereocenters. The molecule has 0 saturated carbocycles. The van der Waals surface area contributed by atoms with Crippen LogP contribution in [0.4, 0.5) is 8.78 Å². The van der Waals surface area contributed by atoms with E-state index < -0.39 is 6.43 Å². The third kappa shape index (κ3) is 4.05. The van der Waals surface area contributed by atoms with E-state index in [1.54, 1.807) is 13.1 Å². The van der Waals surface area contributed by atoms with Gasteiger partial charge in [-0.25, -0.2) is 18.3 Å². The van der Waals surface area contributed by atoms with Crippen LogP contribution in [0.25, 0.3) is 5.65 Å². The van der Waals surface area contributed by atoms with Crippen LogP contribution in [0.1, 0.15) is 85.9 Å². The number of hydrogen-bond acceptors (Lipinski definition) is 4. The largest absolute Gasteiger partial charge is 0.493 e. The Morgan fingerprint density at radius 1 is 1.29 bits per heavy atom. The predicted molar refractivity (Wildman–Crippen MR) is 117 cm³/mol. The van der Waals surface area contributed by atoms with Crippen molar-refractivity contribution in [2.45, 2.75) is 64.7 Å². The van der Waals surface area contributed by atoms with E-state index in [0.717, 1.165) is 37.3 Å². The van der Waals surface area contributed by atoms with Crippen LogP contribution in [0.15, 0.2) is 30.5 Å². The number of benzene rings is 1. The molecule has 0 amide bonds. The summed E-state index contributed by atoms with van der Waals surface area (Å²) < 4.78 is 34.0. The van der Waals surface area contributed by atoms with Gasteiger partial charge in [-0.1, -0.05) is 32.0 Å². The number of nitrogens with zero attached hydrogens (tertiary/aromatic N) is 3. The van der Waals surface area contributed by atoms with Gasteiger partial charge in [0.15, 0.2) is 5.65 Å². The van der Waals surface area contributed by atoms with Crippen LogP contribution in [0.3, 0.4) is 0 Å². The molecule has 1 aliphatic heterocycles. The van der Waals surface area contributed by atoms with Crippen molar-refractivity contribution in [3.05, 3.63) is 58.5 Å². The third-order valence-corrected chi connectivity index (χ3v) is 6.09. The SMILES string of the molecule is Cc1c(C(F)F)nn2c(C(C)C)c(C(=N)CCCC3CCOc4ccccc43)cnc12. The molecule has 1 atom stereocenters. The highest BCUT2D eigenvalue weighted by molar-refractivity contribution is 5.99. The lowest BCUT2D eigenvalue weighted by Crippen LogP contribution is -2.15. The Morgan fingerprint density at radius 2 is 2.06 bits per heavy atom. The van der Waals surface area contributed by atoms with Crippen LogP contribution < -0.4 is 4.74 Å². The molecule has 0 spiro atoms. The van der Waals surface area contributed by atoms with Crippen LogP contribution in [-0.2, 0) is 0 Å². The molecule has 2 aromatic heterocycles. The average Bonchev–Trinajstić information content (AvgIpc) is 3.10. The minimum absolute atomic E-state index is 0.0213. The van der Waals surface area contributed by atoms with Crippen LogP contribution in [0, 0.1) is 12.3 Å². The molecular formula is C24H28F2N4O. The summed E-state index contributed by atoms with van der Waals surface area (Å²) in [7, 11) is 0. The summed E-state index contributed by atoms with van der Waals surface area (Å²) in [6, 6.07) is 8.17. The summed E-state index contributed by atoms with van der Waals surface area (Å²) in [6.45, 7) is 6.33. The quantitative estimate of drug-likeness (QED) is 0.457. The molecule has 0 radical (unpaired) electrons. The number of halogens is 2. The van der Waals surface area contributed by atoms with Gasteiger partial charge >= 0.3 is 0 Å². The highest BCUT2D eigenvalue weighted by atomic mass is 19.3. The zero-order chi connectivity index (χ0) is 22.1. The molecule has 3 aromatic rings. The van der Waals surface area contributed by atoms with Crippen molar-refractivity contribution in [1.29, 1.82) is 5.41 Å². The Labute approximate surface area is 181 Å². The summed E-state index contributed by atoms with van der Waals surface area (Å²) in [4.78, 5) is 4.39. The van der Waals surface area contributed by atoms with Gasteiger partial charge in [0.2, 0.25) is 0 Å². The molecule has 0 fully saturated rings. The maximum atomic E-state index is 13.4. The van der Waals surface area contributed by atoms with Crippen molar-refractivity contribution in [3.63, 3.8) is 0 Å². The standard InChI is InChI=1S/C24H28F2N4O/c1-14(2)22-18(13-28-24-15(3)21(23(25)26)29-30(22)24)19(27)9-6-7-16-11-12-31-20-10-5-4-8-17(16)20/h4-5,8,10,13-14,16,23,27H,6-7,9,11-12H2,1-3H3. The average molecular weight is 427 g/mol. The van der Waals surface area contributed by atoms with Crippen LogP contribution in [0.5, 0.6) is 5.75 Å². The molecule has 1 aliphatic rings. The number of para-hydroxylation sites is 1. The fourth-order valence-electron chi connectivity index (χ4n) is 4.50. The molecule has 0 aliphatic carbocycles. The summed E-state index contributed by atoms with van der Waals surface area (Å²) in [5.41, 5.74) is 3.78. The lowest BCUT2D eigenvalue weighted by Gasteiger charge is -2.26. The maximum absolute atomic E-state index is 13.4. The fourth-order valence-corrected chi connectivity index (χ4v) is 4.50. The first-order chi connectivity index (χ1) is 14.9. The molecule has 164 valence electrons. The second kappa shape index (κ2) is 8.73. The molecular weight excluding hydrogens is 398 g/mol. The van der Waals surface area contributed by atoms with E-state index in [1.807, 2.05) is 32.0 Å². The Kier molecular flexibility index (Phi) is 6.03. The number of alkyl halides is 2. The minimum Gasteiger partial charge on any atom is -0.493 e. The molecule has 1 aromatic carbocycles. The van der Waals surface area contributed by atoms with Crippen LogP contribution in [-0.4, -0.2) is 26.9 Å². The maximum Gasteiger partial charge on any atom is 0.282 e. The number of hydrogen-bond donors (Lipinski definition) is 1. The van der Waals surface area contributed by atoms with Gasteiger partial charge in [-0.05, 0) is 56.1 Å². The second-order valence-corrected chi connectivity index (χ2v) is 8.50. The van der Waals surface area contributed by atoms with Crippen LogP contribution in [0.2, 0.25) is 0 Å². The number of aryl methyl sites for hydroxylation is 1. The lowest BCUT2D eigenvalue weighted by molar-refractivity contribution is 0.145. The van der Waals surface area contributed by atoms with Gasteiger partial charge in [-0.3, -0.25) is 0 Å². The first kappa shape index (κ1) is 21.4. The Balaban J connectivity index is 1.54. The zero-order valence-corrected chi connectivity index (χ0v) is 18.2. The van der Waals surface area contributed by atoms with E-state index in [2.05, 4.69) is 16.1 Å². The number of aromatic nitrogens is 3. The van der Waals surface area contributed by atoms with Gasteiger partial charge in [0.05, 0.1) is 12.3 Å². The minimum atomic E-state index is -2.65. The molecule has 0 bridgehead atoms. The molecule has 0 saturated heterocycles. The number of fused-ring (bicyclic) bond motifs is 2. The third-order valence-electron chi connectivity index (χ3n) is 6.09. The summed E-state index contributed by atoms with van der Waals surface area (Å²) >= 11 is 0. The van der Waals surface area contributed by atoms with Gasteiger partial charge in [-0.2, -0.15) is 5.10 Å². The second-order valence-electron chi connectivity index (χ2n) is 8.50. The van der Waals surface area contributed by atoms with E-state index in [-0.39, 0.29) is 11.6 Å². The Hall–Kier alpha value is -2.83. The summed E-state index contributed by atoms with van der Waals surface area (Å²) in [5.74, 6) is 1.42. The van der Waals surface area contributed by atoms with Gasteiger partial charge in [-0.15, -0.1) is 0 Å². The van der Waals surface area contributed by atoms with E-state index in [9.17, 15) is 8.78 Å². The summed E-state index contributed by atoms with van der Waals surface area (Å²) in [6.07, 6.45) is 2.44. The molecule has 7 heteroatoms. The smallest absolute Gasteiger partial charge is 0.282 e. The van der Waals surface area contributed by atoms with Crippen molar-refractivity contribution in [2.24, 2.45) is 0 Å². The van der Waals surface area contributed by atoms with Crippen LogP contribution >= 0.6 is 0 Å². The first-order valence-electron chi connectivity index (χ1n) is 10.8. The van der Waals surface area contributed by atoms with E-state index in [4.69, 9.17) is 10.1 Å². The monoisotopic (exact) mass is 426 g/mol. The van der Waals surface area contributed by atoms with E-state index in [1.165, 1.54) is 10.1 Å². The van der Waals surface area contributed by atoms with Crippen molar-refractivity contribution in [1.82, 2.24) is 14.6 Å². The Morgan fingerprint density at radius 3 is 2.81 bits per heavy atom. The molecule has 31 heavy (non-hydrogen) atoms. The fraction of sp³-hybridized carbons (Fsp3) is 0.458.